The molecule has 122 heavy (non-hydrogen) atoms. The van der Waals surface area contributed by atoms with Crippen molar-refractivity contribution in [2.24, 2.45) is 0 Å². The van der Waals surface area contributed by atoms with Gasteiger partial charge in [0.2, 0.25) is 0 Å². The first kappa shape index (κ1) is 76.4. The molecule has 0 bridgehead atoms. The second-order valence-electron chi connectivity index (χ2n) is 31.3. The lowest BCUT2D eigenvalue weighted by atomic mass is 9.96. The van der Waals surface area contributed by atoms with Crippen molar-refractivity contribution in [3.8, 4) is 135 Å². The highest BCUT2D eigenvalue weighted by Crippen LogP contribution is 2.41. The topological polar surface area (TPSA) is 142 Å². The van der Waals surface area contributed by atoms with Gasteiger partial charge in [-0.3, -0.25) is 29.9 Å². The van der Waals surface area contributed by atoms with Crippen LogP contribution in [0.15, 0.2) is 370 Å². The number of aromatic nitrogens is 11. The number of hydrogen-bond donors (Lipinski definition) is 0. The number of fused-ring (bicyclic) bond motifs is 9. The molecule has 11 nitrogen and oxygen atoms in total. The average molecular weight is 1570 g/mol. The second-order valence-corrected chi connectivity index (χ2v) is 31.3. The largest absolute Gasteiger partial charge is 0.251 e. The summed E-state index contributed by atoms with van der Waals surface area (Å²) >= 11 is 0. The Morgan fingerprint density at radius 3 is 0.762 bits per heavy atom. The average Bonchev–Trinajstić information content (AvgIpc) is 0.762. The van der Waals surface area contributed by atoms with Gasteiger partial charge in [0, 0.05) is 111 Å². The highest BCUT2D eigenvalue weighted by Gasteiger charge is 2.20. The van der Waals surface area contributed by atoms with Crippen molar-refractivity contribution < 1.29 is 0 Å². The Bertz CT molecular complexity index is 6990. The molecule has 21 rings (SSSR count). The van der Waals surface area contributed by atoms with E-state index in [1.54, 1.807) is 0 Å². The molecule has 0 spiro atoms. The molecule has 0 fully saturated rings. The van der Waals surface area contributed by atoms with Crippen LogP contribution in [0.5, 0.6) is 0 Å². The van der Waals surface area contributed by atoms with E-state index in [0.717, 1.165) is 217 Å². The molecule has 11 heteroatoms. The van der Waals surface area contributed by atoms with Crippen LogP contribution >= 0.6 is 0 Å². The van der Waals surface area contributed by atoms with Crippen LogP contribution in [-0.2, 0) is 0 Å². The summed E-state index contributed by atoms with van der Waals surface area (Å²) in [6.45, 7) is 14.5. The minimum atomic E-state index is 0.353. The standard InChI is InChI=1S/C38H30N4.C37H27N3.C36H26N4/c1-24(2)33-21-19-29-18-20-31-32(22-25(3)39-37(31)36(29)40-33)26-14-16-30(17-15-26)38-41-34(27-10-6-4-7-11-27)23-35(42-38)28-12-8-5-9-13-28;1-24-13-14-30-19-20-32-33(21-25(2)39-37(32)36(30)38-24)27-15-17-29(18-16-27)35-23-31(26-9-5-3-6-10-26)22-34(40-35)28-11-7-4-8-12-28;1-23-13-14-28-19-20-30-31(21-24(2)38-35(30)34(28)37-23)25-15-17-27(18-16-25)33-22-32(26-9-5-3-6-10-26)39-36(40-33)29-11-7-4-8-12-29/h4-24H,1-3H3;3-23H,1-2H3;3-22H,1-2H3. The highest BCUT2D eigenvalue weighted by molar-refractivity contribution is 6.11. The summed E-state index contributed by atoms with van der Waals surface area (Å²) < 4.78 is 0. The van der Waals surface area contributed by atoms with E-state index in [0.29, 0.717) is 17.6 Å². The molecule has 582 valence electrons. The third kappa shape index (κ3) is 16.0. The van der Waals surface area contributed by atoms with E-state index in [1.165, 1.54) is 5.56 Å². The van der Waals surface area contributed by atoms with Crippen LogP contribution in [-0.4, -0.2) is 54.8 Å². The summed E-state index contributed by atoms with van der Waals surface area (Å²) in [6, 6.07) is 128. The molecule has 0 aliphatic carbocycles. The molecule has 0 N–H and O–H groups in total. The number of rotatable bonds is 13. The van der Waals surface area contributed by atoms with Gasteiger partial charge in [-0.05, 0) is 146 Å². The SMILES string of the molecule is Cc1cc(-c2ccc(-c3nc(-c4ccccc4)cc(-c4ccccc4)n3)cc2)c2ccc3ccc(C(C)C)nc3c2n1.Cc1ccc2ccc3c(-c4ccc(-c5cc(-c6ccccc6)cc(-c6ccccc6)n5)cc4)cc(C)nc3c2n1.Cc1ccc2ccc3c(-c4ccc(-c5cc(-c6ccccc6)nc(-c6ccccc6)n5)cc4)cc(C)nc3c2n1. The van der Waals surface area contributed by atoms with Crippen molar-refractivity contribution in [2.45, 2.75) is 54.4 Å². The number of pyridine rings is 7. The van der Waals surface area contributed by atoms with Crippen molar-refractivity contribution in [1.29, 1.82) is 0 Å². The van der Waals surface area contributed by atoms with Gasteiger partial charge in [0.25, 0.3) is 0 Å². The lowest BCUT2D eigenvalue weighted by molar-refractivity contribution is 0.830. The lowest BCUT2D eigenvalue weighted by Crippen LogP contribution is -1.97. The van der Waals surface area contributed by atoms with Gasteiger partial charge in [0.15, 0.2) is 11.6 Å². The van der Waals surface area contributed by atoms with Crippen LogP contribution < -0.4 is 0 Å². The molecule has 0 saturated carbocycles. The Balaban J connectivity index is 0.000000121. The molecular formula is C111H83N11. The molecule has 0 atom stereocenters. The highest BCUT2D eigenvalue weighted by atomic mass is 14.9. The maximum atomic E-state index is 5.09. The van der Waals surface area contributed by atoms with E-state index in [2.05, 4.69) is 289 Å². The van der Waals surface area contributed by atoms with Crippen LogP contribution in [0, 0.1) is 34.6 Å². The Morgan fingerprint density at radius 1 is 0.172 bits per heavy atom. The molecule has 21 aromatic rings. The van der Waals surface area contributed by atoms with Gasteiger partial charge in [-0.25, -0.2) is 24.9 Å². The van der Waals surface area contributed by atoms with Crippen molar-refractivity contribution in [1.82, 2.24) is 54.8 Å². The van der Waals surface area contributed by atoms with Crippen molar-refractivity contribution in [2.75, 3.05) is 0 Å². The number of aryl methyl sites for hydroxylation is 5. The predicted octanol–water partition coefficient (Wildman–Crippen LogP) is 28.0. The van der Waals surface area contributed by atoms with Gasteiger partial charge in [0.05, 0.1) is 67.3 Å². The molecule has 0 unspecified atom stereocenters. The fourth-order valence-electron chi connectivity index (χ4n) is 16.1. The third-order valence-electron chi connectivity index (χ3n) is 22.3. The zero-order valence-electron chi connectivity index (χ0n) is 68.7. The van der Waals surface area contributed by atoms with E-state index >= 15 is 0 Å². The van der Waals surface area contributed by atoms with Crippen LogP contribution in [0.25, 0.3) is 200 Å². The smallest absolute Gasteiger partial charge is 0.160 e. The van der Waals surface area contributed by atoms with Gasteiger partial charge in [-0.15, -0.1) is 0 Å². The molecular weight excluding hydrogens is 1490 g/mol. The van der Waals surface area contributed by atoms with Crippen LogP contribution in [0.3, 0.4) is 0 Å². The van der Waals surface area contributed by atoms with E-state index in [4.69, 9.17) is 54.8 Å². The maximum absolute atomic E-state index is 5.09. The van der Waals surface area contributed by atoms with Gasteiger partial charge in [-0.2, -0.15) is 0 Å². The zero-order chi connectivity index (χ0) is 82.7. The lowest BCUT2D eigenvalue weighted by Gasteiger charge is -2.13. The minimum Gasteiger partial charge on any atom is -0.251 e. The molecule has 0 saturated heterocycles. The van der Waals surface area contributed by atoms with E-state index in [1.807, 2.05) is 130 Å². The number of nitrogens with zero attached hydrogens (tertiary/aromatic N) is 11. The van der Waals surface area contributed by atoms with Crippen molar-refractivity contribution >= 4 is 65.4 Å². The second kappa shape index (κ2) is 33.4. The predicted molar refractivity (Wildman–Crippen MR) is 503 cm³/mol. The van der Waals surface area contributed by atoms with Crippen molar-refractivity contribution in [3.63, 3.8) is 0 Å². The van der Waals surface area contributed by atoms with Crippen LogP contribution in [0.4, 0.5) is 0 Å². The quantitative estimate of drug-likeness (QED) is 0.102. The molecule has 0 radical (unpaired) electrons. The normalized spacial score (nSPS) is 11.3. The molecule has 9 heterocycles. The van der Waals surface area contributed by atoms with E-state index in [-0.39, 0.29) is 0 Å². The zero-order valence-corrected chi connectivity index (χ0v) is 68.7. The number of hydrogen-bond acceptors (Lipinski definition) is 11. The Hall–Kier alpha value is -15.6. The molecule has 9 aromatic heterocycles. The number of benzene rings is 12. The Labute approximate surface area is 709 Å². The Kier molecular flexibility index (Phi) is 20.9. The van der Waals surface area contributed by atoms with Crippen molar-refractivity contribution in [3.05, 3.63) is 404 Å². The van der Waals surface area contributed by atoms with E-state index in [9.17, 15) is 0 Å². The monoisotopic (exact) mass is 1570 g/mol. The summed E-state index contributed by atoms with van der Waals surface area (Å²) in [4.78, 5) is 54.4. The van der Waals surface area contributed by atoms with Gasteiger partial charge >= 0.3 is 0 Å². The first-order valence-corrected chi connectivity index (χ1v) is 41.3. The molecule has 0 aliphatic rings. The van der Waals surface area contributed by atoms with Crippen LogP contribution in [0.2, 0.25) is 0 Å². The first-order valence-electron chi connectivity index (χ1n) is 41.3. The fourth-order valence-corrected chi connectivity index (χ4v) is 16.1. The molecule has 12 aromatic carbocycles. The summed E-state index contributed by atoms with van der Waals surface area (Å²) in [5, 5.41) is 6.63. The molecule has 0 aliphatic heterocycles. The fraction of sp³-hybridized carbons (Fsp3) is 0.0721. The van der Waals surface area contributed by atoms with Gasteiger partial charge in [0.1, 0.15) is 0 Å². The van der Waals surface area contributed by atoms with Gasteiger partial charge in [-0.1, -0.05) is 323 Å². The summed E-state index contributed by atoms with van der Waals surface area (Å²) in [5.41, 5.74) is 34.8. The minimum absolute atomic E-state index is 0.353. The maximum Gasteiger partial charge on any atom is 0.160 e. The van der Waals surface area contributed by atoms with Gasteiger partial charge < -0.3 is 0 Å². The van der Waals surface area contributed by atoms with E-state index < -0.39 is 0 Å². The summed E-state index contributed by atoms with van der Waals surface area (Å²) in [7, 11) is 0. The summed E-state index contributed by atoms with van der Waals surface area (Å²) in [6.07, 6.45) is 0. The van der Waals surface area contributed by atoms with Crippen LogP contribution in [0.1, 0.15) is 53.9 Å². The summed E-state index contributed by atoms with van der Waals surface area (Å²) in [5.74, 6) is 1.77. The first-order chi connectivity index (χ1) is 59.8. The molecule has 0 amide bonds. The Morgan fingerprint density at radius 2 is 0.426 bits per heavy atom. The third-order valence-corrected chi connectivity index (χ3v) is 22.3.